The van der Waals surface area contributed by atoms with Crippen LogP contribution in [0, 0.1) is 13.8 Å². The third kappa shape index (κ3) is 4.43. The third-order valence-electron chi connectivity index (χ3n) is 3.29. The fourth-order valence-corrected chi connectivity index (χ4v) is 3.02. The third-order valence-corrected chi connectivity index (χ3v) is 3.75. The van der Waals surface area contributed by atoms with Crippen LogP contribution in [0.15, 0.2) is 16.6 Å². The molecule has 1 heterocycles. The minimum atomic E-state index is -0.568. The van der Waals surface area contributed by atoms with Crippen molar-refractivity contribution in [3.8, 4) is 0 Å². The van der Waals surface area contributed by atoms with Crippen LogP contribution in [0.5, 0.6) is 0 Å². The molecular weight excluding hydrogens is 336 g/mol. The lowest BCUT2D eigenvalue weighted by molar-refractivity contribution is -0.137. The van der Waals surface area contributed by atoms with Crippen LogP contribution >= 0.6 is 15.9 Å². The molecule has 21 heavy (non-hydrogen) atoms. The van der Waals surface area contributed by atoms with Crippen molar-refractivity contribution < 1.29 is 14.3 Å². The summed E-state index contributed by atoms with van der Waals surface area (Å²) in [5.41, 5.74) is 2.86. The quantitative estimate of drug-likeness (QED) is 0.872. The molecule has 1 aromatic rings. The van der Waals surface area contributed by atoms with Crippen LogP contribution in [0.3, 0.4) is 0 Å². The molecule has 0 aromatic heterocycles. The van der Waals surface area contributed by atoms with E-state index in [-0.39, 0.29) is 12.1 Å². The summed E-state index contributed by atoms with van der Waals surface area (Å²) in [7, 11) is 0. The highest BCUT2D eigenvalue weighted by atomic mass is 79.9. The van der Waals surface area contributed by atoms with Crippen molar-refractivity contribution in [2.45, 2.75) is 39.6 Å². The van der Waals surface area contributed by atoms with Crippen molar-refractivity contribution in [1.29, 1.82) is 0 Å². The molecular formula is C15H21BrN2O3. The first kappa shape index (κ1) is 16.3. The van der Waals surface area contributed by atoms with Crippen LogP contribution in [0.25, 0.3) is 0 Å². The highest BCUT2D eigenvalue weighted by Gasteiger charge is 2.32. The monoisotopic (exact) mass is 356 g/mol. The van der Waals surface area contributed by atoms with Gasteiger partial charge >= 0.3 is 6.03 Å². The van der Waals surface area contributed by atoms with Crippen LogP contribution in [0.4, 0.5) is 10.5 Å². The van der Waals surface area contributed by atoms with Gasteiger partial charge in [-0.25, -0.2) is 4.79 Å². The normalized spacial score (nSPS) is 20.3. The van der Waals surface area contributed by atoms with E-state index in [1.165, 1.54) is 0 Å². The number of hydrogen-bond acceptors (Lipinski definition) is 3. The van der Waals surface area contributed by atoms with Gasteiger partial charge in [-0.3, -0.25) is 0 Å². The Balaban J connectivity index is 1.88. The van der Waals surface area contributed by atoms with Crippen LogP contribution < -0.4 is 10.6 Å². The molecule has 0 bridgehead atoms. The fourth-order valence-electron chi connectivity index (χ4n) is 2.34. The molecule has 1 aromatic carbocycles. The van der Waals surface area contributed by atoms with Crippen molar-refractivity contribution in [2.24, 2.45) is 0 Å². The zero-order valence-electron chi connectivity index (χ0n) is 12.7. The zero-order chi connectivity index (χ0) is 15.6. The van der Waals surface area contributed by atoms with Crippen molar-refractivity contribution in [1.82, 2.24) is 5.32 Å². The first-order valence-electron chi connectivity index (χ1n) is 6.90. The predicted molar refractivity (Wildman–Crippen MR) is 85.5 cm³/mol. The van der Waals surface area contributed by atoms with E-state index < -0.39 is 5.79 Å². The Morgan fingerprint density at radius 1 is 1.38 bits per heavy atom. The van der Waals surface area contributed by atoms with Crippen LogP contribution in [0.2, 0.25) is 0 Å². The summed E-state index contributed by atoms with van der Waals surface area (Å²) in [5.74, 6) is -0.568. The Morgan fingerprint density at radius 2 is 2.00 bits per heavy atom. The highest BCUT2D eigenvalue weighted by Crippen LogP contribution is 2.25. The average Bonchev–Trinajstić information content (AvgIpc) is 2.71. The fraction of sp³-hybridized carbons (Fsp3) is 0.533. The van der Waals surface area contributed by atoms with E-state index in [0.29, 0.717) is 13.2 Å². The van der Waals surface area contributed by atoms with E-state index in [1.807, 2.05) is 39.8 Å². The molecule has 2 rings (SSSR count). The Hall–Kier alpha value is -1.11. The summed E-state index contributed by atoms with van der Waals surface area (Å²) < 4.78 is 12.1. The van der Waals surface area contributed by atoms with Crippen LogP contribution in [-0.4, -0.2) is 31.1 Å². The number of nitrogens with one attached hydrogen (secondary N) is 2. The molecule has 1 saturated heterocycles. The van der Waals surface area contributed by atoms with Gasteiger partial charge in [-0.15, -0.1) is 0 Å². The Bertz CT molecular complexity index is 523. The van der Waals surface area contributed by atoms with Gasteiger partial charge in [0.05, 0.1) is 6.61 Å². The summed E-state index contributed by atoms with van der Waals surface area (Å²) >= 11 is 3.44. The van der Waals surface area contributed by atoms with E-state index in [1.54, 1.807) is 0 Å². The molecule has 0 saturated carbocycles. The van der Waals surface area contributed by atoms with Gasteiger partial charge < -0.3 is 20.1 Å². The van der Waals surface area contributed by atoms with Gasteiger partial charge in [-0.05, 0) is 51.0 Å². The van der Waals surface area contributed by atoms with Gasteiger partial charge in [-0.2, -0.15) is 0 Å². The molecule has 5 nitrogen and oxygen atoms in total. The van der Waals surface area contributed by atoms with Gasteiger partial charge in [0.25, 0.3) is 0 Å². The number of rotatable bonds is 3. The minimum absolute atomic E-state index is 0.113. The summed E-state index contributed by atoms with van der Waals surface area (Å²) in [6.45, 7) is 8.56. The maximum absolute atomic E-state index is 12.0. The lowest BCUT2D eigenvalue weighted by Crippen LogP contribution is -2.37. The smallest absolute Gasteiger partial charge is 0.319 e. The van der Waals surface area contributed by atoms with Crippen molar-refractivity contribution in [3.63, 3.8) is 0 Å². The molecule has 0 spiro atoms. The zero-order valence-corrected chi connectivity index (χ0v) is 14.3. The number of benzene rings is 1. The molecule has 1 atom stereocenters. The standard InChI is InChI=1S/C15H21BrN2O3/c1-9-5-11(16)6-10(2)13(9)18-14(19)17-7-12-8-20-15(3,4)21-12/h5-6,12H,7-8H2,1-4H3,(H2,17,18,19). The molecule has 2 amide bonds. The maximum atomic E-state index is 12.0. The molecule has 0 radical (unpaired) electrons. The highest BCUT2D eigenvalue weighted by molar-refractivity contribution is 9.10. The largest absolute Gasteiger partial charge is 0.348 e. The van der Waals surface area contributed by atoms with Crippen molar-refractivity contribution in [2.75, 3.05) is 18.5 Å². The Morgan fingerprint density at radius 3 is 2.52 bits per heavy atom. The second-order valence-electron chi connectivity index (χ2n) is 5.70. The molecule has 0 aliphatic carbocycles. The van der Waals surface area contributed by atoms with E-state index in [9.17, 15) is 4.79 Å². The number of carbonyl (C=O) groups excluding carboxylic acids is 1. The maximum Gasteiger partial charge on any atom is 0.319 e. The second-order valence-corrected chi connectivity index (χ2v) is 6.62. The number of halogens is 1. The van der Waals surface area contributed by atoms with E-state index >= 15 is 0 Å². The van der Waals surface area contributed by atoms with Gasteiger partial charge in [-0.1, -0.05) is 15.9 Å². The number of anilines is 1. The van der Waals surface area contributed by atoms with E-state index in [4.69, 9.17) is 9.47 Å². The molecule has 116 valence electrons. The van der Waals surface area contributed by atoms with Crippen molar-refractivity contribution in [3.05, 3.63) is 27.7 Å². The number of aryl methyl sites for hydroxylation is 2. The summed E-state index contributed by atoms with van der Waals surface area (Å²) in [6.07, 6.45) is -0.113. The number of urea groups is 1. The van der Waals surface area contributed by atoms with Gasteiger partial charge in [0.1, 0.15) is 6.10 Å². The number of hydrogen-bond donors (Lipinski definition) is 2. The van der Waals surface area contributed by atoms with Gasteiger partial charge in [0.2, 0.25) is 0 Å². The lowest BCUT2D eigenvalue weighted by atomic mass is 10.1. The Labute approximate surface area is 133 Å². The topological polar surface area (TPSA) is 59.6 Å². The SMILES string of the molecule is Cc1cc(Br)cc(C)c1NC(=O)NCC1COC(C)(C)O1. The second kappa shape index (κ2) is 6.34. The molecule has 2 N–H and O–H groups in total. The molecule has 1 aliphatic heterocycles. The molecule has 6 heteroatoms. The van der Waals surface area contributed by atoms with E-state index in [0.717, 1.165) is 21.3 Å². The number of ether oxygens (including phenoxy) is 2. The summed E-state index contributed by atoms with van der Waals surface area (Å²) in [6, 6.07) is 3.70. The summed E-state index contributed by atoms with van der Waals surface area (Å²) in [4.78, 5) is 12.0. The molecule has 1 aliphatic rings. The van der Waals surface area contributed by atoms with E-state index in [2.05, 4.69) is 26.6 Å². The molecule has 1 fully saturated rings. The van der Waals surface area contributed by atoms with Crippen LogP contribution in [-0.2, 0) is 9.47 Å². The number of carbonyl (C=O) groups is 1. The summed E-state index contributed by atoms with van der Waals surface area (Å²) in [5, 5.41) is 5.70. The van der Waals surface area contributed by atoms with Gasteiger partial charge in [0.15, 0.2) is 5.79 Å². The Kier molecular flexibility index (Phi) is 4.91. The van der Waals surface area contributed by atoms with Crippen LogP contribution in [0.1, 0.15) is 25.0 Å². The lowest BCUT2D eigenvalue weighted by Gasteiger charge is -2.18. The predicted octanol–water partition coefficient (Wildman–Crippen LogP) is 3.34. The minimum Gasteiger partial charge on any atom is -0.348 e. The first-order chi connectivity index (χ1) is 9.77. The number of amides is 2. The van der Waals surface area contributed by atoms with Crippen molar-refractivity contribution >= 4 is 27.6 Å². The van der Waals surface area contributed by atoms with Gasteiger partial charge in [0, 0.05) is 16.7 Å². The molecule has 1 unspecified atom stereocenters. The first-order valence-corrected chi connectivity index (χ1v) is 7.69. The average molecular weight is 357 g/mol.